The number of halogens is 2. The summed E-state index contributed by atoms with van der Waals surface area (Å²) in [5.41, 5.74) is 2.97. The minimum Gasteiger partial charge on any atom is -0.355 e. The molecule has 1 amide bonds. The molecule has 1 N–H and O–H groups in total. The number of benzene rings is 3. The molecule has 4 aromatic rings. The summed E-state index contributed by atoms with van der Waals surface area (Å²) >= 11 is 8.95. The van der Waals surface area contributed by atoms with Crippen LogP contribution in [-0.4, -0.2) is 29.4 Å². The molecule has 3 aromatic carbocycles. The predicted octanol–water partition coefficient (Wildman–Crippen LogP) is 6.29. The van der Waals surface area contributed by atoms with E-state index in [0.717, 1.165) is 21.0 Å². The molecule has 4 rings (SSSR count). The van der Waals surface area contributed by atoms with E-state index in [-0.39, 0.29) is 11.5 Å². The van der Waals surface area contributed by atoms with Gasteiger partial charge >= 0.3 is 0 Å². The molecule has 0 unspecified atom stereocenters. The molecule has 32 heavy (non-hydrogen) atoms. The number of rotatable bonds is 8. The summed E-state index contributed by atoms with van der Waals surface area (Å²) in [4.78, 5) is 21.1. The van der Waals surface area contributed by atoms with E-state index in [1.165, 1.54) is 40.9 Å². The van der Waals surface area contributed by atoms with E-state index < -0.39 is 5.82 Å². The Hall–Kier alpha value is -2.74. The van der Waals surface area contributed by atoms with Crippen LogP contribution in [0.1, 0.15) is 11.1 Å². The van der Waals surface area contributed by atoms with E-state index in [4.69, 9.17) is 11.6 Å². The van der Waals surface area contributed by atoms with Gasteiger partial charge in [0.15, 0.2) is 4.34 Å². The van der Waals surface area contributed by atoms with Crippen LogP contribution in [0.5, 0.6) is 0 Å². The van der Waals surface area contributed by atoms with Gasteiger partial charge in [0.25, 0.3) is 0 Å². The predicted molar refractivity (Wildman–Crippen MR) is 132 cm³/mol. The Bertz CT molecular complexity index is 1240. The first kappa shape index (κ1) is 22.5. The van der Waals surface area contributed by atoms with Crippen molar-refractivity contribution < 1.29 is 9.18 Å². The van der Waals surface area contributed by atoms with Crippen LogP contribution >= 0.6 is 34.7 Å². The molecule has 162 valence electrons. The van der Waals surface area contributed by atoms with Crippen molar-refractivity contribution in [2.75, 3.05) is 12.3 Å². The summed E-state index contributed by atoms with van der Waals surface area (Å²) < 4.78 is 15.7. The molecule has 1 aromatic heterocycles. The van der Waals surface area contributed by atoms with Crippen LogP contribution in [0.3, 0.4) is 0 Å². The van der Waals surface area contributed by atoms with Gasteiger partial charge in [0.1, 0.15) is 5.82 Å². The van der Waals surface area contributed by atoms with Crippen LogP contribution in [0.2, 0.25) is 5.02 Å². The van der Waals surface area contributed by atoms with Gasteiger partial charge in [-0.1, -0.05) is 59.8 Å². The van der Waals surface area contributed by atoms with Crippen molar-refractivity contribution in [3.63, 3.8) is 0 Å². The van der Waals surface area contributed by atoms with Gasteiger partial charge < -0.3 is 5.32 Å². The number of nitrogens with zero attached hydrogens (tertiary/aromatic N) is 2. The molecule has 8 heteroatoms. The van der Waals surface area contributed by atoms with Crippen molar-refractivity contribution in [1.29, 1.82) is 0 Å². The van der Waals surface area contributed by atoms with Crippen molar-refractivity contribution >= 4 is 62.7 Å². The molecule has 0 aliphatic rings. The lowest BCUT2D eigenvalue weighted by molar-refractivity contribution is -0.118. The number of nitrogens with one attached hydrogen (secondary N) is 1. The topological polar surface area (TPSA) is 54.4 Å². The third kappa shape index (κ3) is 5.94. The Morgan fingerprint density at radius 1 is 1.16 bits per heavy atom. The zero-order valence-electron chi connectivity index (χ0n) is 16.9. The number of aliphatic imine (C=N–C) groups is 1. The molecule has 0 saturated heterocycles. The van der Waals surface area contributed by atoms with Gasteiger partial charge in [-0.25, -0.2) is 9.37 Å². The fourth-order valence-electron chi connectivity index (χ4n) is 2.98. The van der Waals surface area contributed by atoms with Gasteiger partial charge in [-0.3, -0.25) is 9.79 Å². The second-order valence-electron chi connectivity index (χ2n) is 6.90. The Morgan fingerprint density at radius 2 is 2.00 bits per heavy atom. The van der Waals surface area contributed by atoms with Crippen molar-refractivity contribution in [3.8, 4) is 0 Å². The summed E-state index contributed by atoms with van der Waals surface area (Å²) in [7, 11) is 0. The fraction of sp³-hybridized carbons (Fsp3) is 0.125. The number of fused-ring (bicyclic) bond motifs is 1. The average molecular weight is 484 g/mol. The second kappa shape index (κ2) is 10.7. The Morgan fingerprint density at radius 3 is 2.81 bits per heavy atom. The standard InChI is InChI=1S/C24H19ClFN3OS2/c25-19-7-4-8-20(26)18(19)14-28-17-9-10-21-22(13-17)32-24(29-21)31-15-23(30)27-12-11-16-5-2-1-3-6-16/h1-10,13-14H,11-12,15H2,(H,27,30). The normalized spacial score (nSPS) is 11.3. The first-order valence-electron chi connectivity index (χ1n) is 9.90. The lowest BCUT2D eigenvalue weighted by atomic mass is 10.1. The van der Waals surface area contributed by atoms with Gasteiger partial charge in [-0.15, -0.1) is 11.3 Å². The highest BCUT2D eigenvalue weighted by Gasteiger charge is 2.09. The number of carbonyl (C=O) groups excluding carboxylic acids is 1. The fourth-order valence-corrected chi connectivity index (χ4v) is 5.12. The molecule has 0 bridgehead atoms. The molecular formula is C24H19ClFN3OS2. The second-order valence-corrected chi connectivity index (χ2v) is 9.56. The first-order valence-corrected chi connectivity index (χ1v) is 12.1. The molecule has 0 fully saturated rings. The molecule has 0 aliphatic heterocycles. The van der Waals surface area contributed by atoms with E-state index in [1.807, 2.05) is 48.5 Å². The zero-order chi connectivity index (χ0) is 22.3. The number of aromatic nitrogens is 1. The Kier molecular flexibility index (Phi) is 7.52. The maximum Gasteiger partial charge on any atom is 0.230 e. The minimum absolute atomic E-state index is 0.0164. The Balaban J connectivity index is 1.33. The molecule has 4 nitrogen and oxygen atoms in total. The molecule has 0 saturated carbocycles. The van der Waals surface area contributed by atoms with Crippen LogP contribution in [-0.2, 0) is 11.2 Å². The van der Waals surface area contributed by atoms with Crippen LogP contribution in [0.4, 0.5) is 10.1 Å². The average Bonchev–Trinajstić information content (AvgIpc) is 3.20. The highest BCUT2D eigenvalue weighted by molar-refractivity contribution is 8.01. The van der Waals surface area contributed by atoms with Crippen molar-refractivity contribution in [3.05, 3.63) is 88.7 Å². The van der Waals surface area contributed by atoms with Crippen molar-refractivity contribution in [1.82, 2.24) is 10.3 Å². The monoisotopic (exact) mass is 483 g/mol. The molecule has 0 atom stereocenters. The molecule has 0 radical (unpaired) electrons. The SMILES string of the molecule is O=C(CSc1nc2ccc(N=Cc3c(F)cccc3Cl)cc2s1)NCCc1ccccc1. The van der Waals surface area contributed by atoms with Gasteiger partial charge in [-0.2, -0.15) is 0 Å². The number of thioether (sulfide) groups is 1. The van der Waals surface area contributed by atoms with Gasteiger partial charge in [-0.05, 0) is 42.3 Å². The highest BCUT2D eigenvalue weighted by atomic mass is 35.5. The number of thiazole rings is 1. The number of hydrogen-bond acceptors (Lipinski definition) is 5. The van der Waals surface area contributed by atoms with E-state index in [1.54, 1.807) is 12.1 Å². The number of hydrogen-bond donors (Lipinski definition) is 1. The maximum atomic E-state index is 13.9. The third-order valence-electron chi connectivity index (χ3n) is 4.60. The van der Waals surface area contributed by atoms with Crippen molar-refractivity contribution in [2.45, 2.75) is 10.8 Å². The largest absolute Gasteiger partial charge is 0.355 e. The van der Waals surface area contributed by atoms with Crippen LogP contribution < -0.4 is 5.32 Å². The van der Waals surface area contributed by atoms with E-state index in [2.05, 4.69) is 15.3 Å². The third-order valence-corrected chi connectivity index (χ3v) is 7.09. The van der Waals surface area contributed by atoms with Gasteiger partial charge in [0.05, 0.1) is 26.7 Å². The highest BCUT2D eigenvalue weighted by Crippen LogP contribution is 2.32. The Labute approximate surface area is 198 Å². The van der Waals surface area contributed by atoms with E-state index in [0.29, 0.717) is 23.0 Å². The quantitative estimate of drug-likeness (QED) is 0.236. The van der Waals surface area contributed by atoms with Crippen molar-refractivity contribution in [2.24, 2.45) is 4.99 Å². The molecule has 0 aliphatic carbocycles. The lowest BCUT2D eigenvalue weighted by Gasteiger charge is -2.04. The summed E-state index contributed by atoms with van der Waals surface area (Å²) in [6.07, 6.45) is 2.23. The van der Waals surface area contributed by atoms with Gasteiger partial charge in [0, 0.05) is 18.3 Å². The molecule has 0 spiro atoms. The number of amides is 1. The van der Waals surface area contributed by atoms with Crippen LogP contribution in [0.15, 0.2) is 76.1 Å². The van der Waals surface area contributed by atoms with E-state index in [9.17, 15) is 9.18 Å². The number of carbonyl (C=O) groups is 1. The van der Waals surface area contributed by atoms with Crippen LogP contribution in [0.25, 0.3) is 10.2 Å². The summed E-state index contributed by atoms with van der Waals surface area (Å²) in [5, 5.41) is 3.26. The maximum absolute atomic E-state index is 13.9. The smallest absolute Gasteiger partial charge is 0.230 e. The minimum atomic E-state index is -0.416. The van der Waals surface area contributed by atoms with Crippen LogP contribution in [0, 0.1) is 5.82 Å². The first-order chi connectivity index (χ1) is 15.6. The summed E-state index contributed by atoms with van der Waals surface area (Å²) in [6.45, 7) is 0.608. The molecular weight excluding hydrogens is 465 g/mol. The molecule has 1 heterocycles. The van der Waals surface area contributed by atoms with E-state index >= 15 is 0 Å². The lowest BCUT2D eigenvalue weighted by Crippen LogP contribution is -2.27. The summed E-state index contributed by atoms with van der Waals surface area (Å²) in [5.74, 6) is -0.121. The summed E-state index contributed by atoms with van der Waals surface area (Å²) in [6, 6.07) is 20.2. The zero-order valence-corrected chi connectivity index (χ0v) is 19.3. The van der Waals surface area contributed by atoms with Gasteiger partial charge in [0.2, 0.25) is 5.91 Å².